The van der Waals surface area contributed by atoms with Crippen LogP contribution in [0.25, 0.3) is 0 Å². The standard InChI is InChI=1S/C18H21NO4.ClH/c1-22-18(21)15-4-2-3-14(9-15)12-23-17-7-5-13(6-8-17)10-16(19)11-20;/h2-9,16,20H,10-12,19H2,1H3;1H. The van der Waals surface area contributed by atoms with Gasteiger partial charge < -0.3 is 20.3 Å². The lowest BCUT2D eigenvalue weighted by Crippen LogP contribution is -2.26. The molecule has 5 nitrogen and oxygen atoms in total. The molecule has 0 aliphatic rings. The van der Waals surface area contributed by atoms with Crippen molar-refractivity contribution in [2.75, 3.05) is 13.7 Å². The van der Waals surface area contributed by atoms with E-state index in [1.54, 1.807) is 18.2 Å². The summed E-state index contributed by atoms with van der Waals surface area (Å²) in [4.78, 5) is 11.5. The van der Waals surface area contributed by atoms with Gasteiger partial charge in [-0.1, -0.05) is 24.3 Å². The molecule has 0 amide bonds. The Labute approximate surface area is 147 Å². The van der Waals surface area contributed by atoms with E-state index in [1.165, 1.54) is 7.11 Å². The SMILES string of the molecule is COC(=O)c1cccc(COc2ccc(CC(N)CO)cc2)c1.Cl. The molecule has 0 radical (unpaired) electrons. The molecule has 0 heterocycles. The van der Waals surface area contributed by atoms with Crippen LogP contribution in [-0.2, 0) is 17.8 Å². The van der Waals surface area contributed by atoms with Crippen LogP contribution in [0, 0.1) is 0 Å². The maximum atomic E-state index is 11.5. The van der Waals surface area contributed by atoms with Crippen LogP contribution in [0.5, 0.6) is 5.75 Å². The smallest absolute Gasteiger partial charge is 0.337 e. The quantitative estimate of drug-likeness (QED) is 0.748. The third-order valence-corrected chi connectivity index (χ3v) is 3.41. The van der Waals surface area contributed by atoms with Gasteiger partial charge in [0.1, 0.15) is 12.4 Å². The maximum Gasteiger partial charge on any atom is 0.337 e. The second kappa shape index (κ2) is 9.93. The lowest BCUT2D eigenvalue weighted by Gasteiger charge is -2.10. The monoisotopic (exact) mass is 351 g/mol. The lowest BCUT2D eigenvalue weighted by atomic mass is 10.1. The summed E-state index contributed by atoms with van der Waals surface area (Å²) in [5.41, 5.74) is 8.15. The molecule has 0 saturated carbocycles. The van der Waals surface area contributed by atoms with Gasteiger partial charge in [0, 0.05) is 6.04 Å². The van der Waals surface area contributed by atoms with Crippen molar-refractivity contribution >= 4 is 18.4 Å². The molecule has 130 valence electrons. The highest BCUT2D eigenvalue weighted by Gasteiger charge is 2.06. The molecule has 2 aromatic rings. The van der Waals surface area contributed by atoms with Gasteiger partial charge >= 0.3 is 5.97 Å². The van der Waals surface area contributed by atoms with Gasteiger partial charge in [-0.05, 0) is 41.8 Å². The summed E-state index contributed by atoms with van der Waals surface area (Å²) >= 11 is 0. The summed E-state index contributed by atoms with van der Waals surface area (Å²) < 4.78 is 10.4. The van der Waals surface area contributed by atoms with E-state index in [9.17, 15) is 4.79 Å². The summed E-state index contributed by atoms with van der Waals surface area (Å²) in [5.74, 6) is 0.367. The molecule has 6 heteroatoms. The molecule has 0 aliphatic carbocycles. The molecule has 3 N–H and O–H groups in total. The maximum absolute atomic E-state index is 11.5. The van der Waals surface area contributed by atoms with Gasteiger partial charge in [-0.25, -0.2) is 4.79 Å². The first kappa shape index (κ1) is 20.0. The molecule has 0 saturated heterocycles. The third-order valence-electron chi connectivity index (χ3n) is 3.41. The molecule has 2 aromatic carbocycles. The van der Waals surface area contributed by atoms with Crippen molar-refractivity contribution in [3.05, 3.63) is 65.2 Å². The molecular formula is C18H22ClNO4. The van der Waals surface area contributed by atoms with Crippen LogP contribution in [0.2, 0.25) is 0 Å². The van der Waals surface area contributed by atoms with Crippen molar-refractivity contribution in [2.24, 2.45) is 5.73 Å². The fourth-order valence-electron chi connectivity index (χ4n) is 2.16. The molecule has 1 unspecified atom stereocenters. The van der Waals surface area contributed by atoms with E-state index < -0.39 is 0 Å². The second-order valence-electron chi connectivity index (χ2n) is 5.27. The van der Waals surface area contributed by atoms with Crippen LogP contribution < -0.4 is 10.5 Å². The zero-order chi connectivity index (χ0) is 16.7. The van der Waals surface area contributed by atoms with E-state index in [0.29, 0.717) is 18.6 Å². The number of aliphatic hydroxyl groups is 1. The number of esters is 1. The van der Waals surface area contributed by atoms with E-state index in [4.69, 9.17) is 20.3 Å². The molecule has 0 bridgehead atoms. The van der Waals surface area contributed by atoms with E-state index in [-0.39, 0.29) is 31.0 Å². The number of hydrogen-bond donors (Lipinski definition) is 2. The lowest BCUT2D eigenvalue weighted by molar-refractivity contribution is 0.0600. The Morgan fingerprint density at radius 2 is 1.88 bits per heavy atom. The van der Waals surface area contributed by atoms with Gasteiger partial charge in [-0.15, -0.1) is 12.4 Å². The first-order chi connectivity index (χ1) is 11.1. The molecule has 0 aromatic heterocycles. The summed E-state index contributed by atoms with van der Waals surface area (Å²) in [7, 11) is 1.36. The van der Waals surface area contributed by atoms with Crippen molar-refractivity contribution in [3.63, 3.8) is 0 Å². The Bertz CT molecular complexity index is 646. The van der Waals surface area contributed by atoms with Crippen LogP contribution in [0.4, 0.5) is 0 Å². The molecule has 24 heavy (non-hydrogen) atoms. The van der Waals surface area contributed by atoms with Crippen molar-refractivity contribution in [2.45, 2.75) is 19.1 Å². The molecule has 2 rings (SSSR count). The highest BCUT2D eigenvalue weighted by Crippen LogP contribution is 2.16. The number of rotatable bonds is 7. The zero-order valence-corrected chi connectivity index (χ0v) is 14.3. The van der Waals surface area contributed by atoms with Gasteiger partial charge in [0.2, 0.25) is 0 Å². The van der Waals surface area contributed by atoms with Crippen LogP contribution in [0.3, 0.4) is 0 Å². The van der Waals surface area contributed by atoms with E-state index in [1.807, 2.05) is 30.3 Å². The topological polar surface area (TPSA) is 81.8 Å². The number of hydrogen-bond acceptors (Lipinski definition) is 5. The minimum Gasteiger partial charge on any atom is -0.489 e. The Morgan fingerprint density at radius 3 is 2.50 bits per heavy atom. The number of aliphatic hydroxyl groups excluding tert-OH is 1. The minimum atomic E-state index is -0.364. The second-order valence-corrected chi connectivity index (χ2v) is 5.27. The summed E-state index contributed by atoms with van der Waals surface area (Å²) in [6, 6.07) is 14.5. The normalized spacial score (nSPS) is 11.3. The van der Waals surface area contributed by atoms with Gasteiger partial charge in [0.15, 0.2) is 0 Å². The number of carbonyl (C=O) groups excluding carboxylic acids is 1. The Kier molecular flexibility index (Phi) is 8.26. The van der Waals surface area contributed by atoms with E-state index in [2.05, 4.69) is 0 Å². The fraction of sp³-hybridized carbons (Fsp3) is 0.278. The number of halogens is 1. The molecule has 0 fully saturated rings. The highest BCUT2D eigenvalue weighted by atomic mass is 35.5. The number of methoxy groups -OCH3 is 1. The first-order valence-electron chi connectivity index (χ1n) is 7.38. The number of carbonyl (C=O) groups is 1. The number of ether oxygens (including phenoxy) is 2. The summed E-state index contributed by atoms with van der Waals surface area (Å²) in [6.07, 6.45) is 0.623. The molecule has 1 atom stereocenters. The molecular weight excluding hydrogens is 330 g/mol. The van der Waals surface area contributed by atoms with E-state index in [0.717, 1.165) is 16.9 Å². The predicted octanol–water partition coefficient (Wildman–Crippen LogP) is 2.34. The average Bonchev–Trinajstić information content (AvgIpc) is 2.60. The number of benzene rings is 2. The van der Waals surface area contributed by atoms with Crippen LogP contribution in [-0.4, -0.2) is 30.8 Å². The van der Waals surface area contributed by atoms with Crippen LogP contribution in [0.1, 0.15) is 21.5 Å². The Balaban J connectivity index is 0.00000288. The predicted molar refractivity (Wildman–Crippen MR) is 94.6 cm³/mol. The summed E-state index contributed by atoms with van der Waals surface area (Å²) in [5, 5.41) is 8.96. The largest absolute Gasteiger partial charge is 0.489 e. The van der Waals surface area contributed by atoms with E-state index >= 15 is 0 Å². The van der Waals surface area contributed by atoms with Crippen molar-refractivity contribution in [1.82, 2.24) is 0 Å². The highest BCUT2D eigenvalue weighted by molar-refractivity contribution is 5.89. The third kappa shape index (κ3) is 5.85. The minimum absolute atomic E-state index is 0. The van der Waals surface area contributed by atoms with Gasteiger partial charge in [0.25, 0.3) is 0 Å². The summed E-state index contributed by atoms with van der Waals surface area (Å²) in [6.45, 7) is 0.328. The first-order valence-corrected chi connectivity index (χ1v) is 7.38. The Hall–Kier alpha value is -2.08. The zero-order valence-electron chi connectivity index (χ0n) is 13.5. The van der Waals surface area contributed by atoms with Crippen molar-refractivity contribution < 1.29 is 19.4 Å². The Morgan fingerprint density at radius 1 is 1.17 bits per heavy atom. The van der Waals surface area contributed by atoms with Gasteiger partial charge in [-0.2, -0.15) is 0 Å². The van der Waals surface area contributed by atoms with Crippen molar-refractivity contribution in [3.8, 4) is 5.75 Å². The molecule has 0 aliphatic heterocycles. The van der Waals surface area contributed by atoms with Gasteiger partial charge in [-0.3, -0.25) is 0 Å². The molecule has 0 spiro atoms. The van der Waals surface area contributed by atoms with Crippen molar-refractivity contribution in [1.29, 1.82) is 0 Å². The van der Waals surface area contributed by atoms with Gasteiger partial charge in [0.05, 0.1) is 19.3 Å². The number of nitrogens with two attached hydrogens (primary N) is 1. The van der Waals surface area contributed by atoms with Crippen LogP contribution >= 0.6 is 12.4 Å². The fourth-order valence-corrected chi connectivity index (χ4v) is 2.16. The van der Waals surface area contributed by atoms with Crippen LogP contribution in [0.15, 0.2) is 48.5 Å². The average molecular weight is 352 g/mol.